The lowest BCUT2D eigenvalue weighted by Gasteiger charge is -2.14. The Kier molecular flexibility index (Phi) is 6.91. The molecule has 0 spiro atoms. The summed E-state index contributed by atoms with van der Waals surface area (Å²) in [5, 5.41) is 0. The van der Waals surface area contributed by atoms with Gasteiger partial charge in [0.1, 0.15) is 0 Å². The summed E-state index contributed by atoms with van der Waals surface area (Å²) in [5.74, 6) is 0.678. The second kappa shape index (κ2) is 9.42. The summed E-state index contributed by atoms with van der Waals surface area (Å²) in [5.41, 5.74) is 8.28. The van der Waals surface area contributed by atoms with Gasteiger partial charge in [-0.05, 0) is 36.8 Å². The fourth-order valence-electron chi connectivity index (χ4n) is 2.02. The number of benzene rings is 2. The SMILES string of the molecule is CCOc1cc(CNNc2ccccc2)ccc1OCC(=O)OC. The van der Waals surface area contributed by atoms with E-state index in [9.17, 15) is 4.79 Å². The van der Waals surface area contributed by atoms with Gasteiger partial charge in [-0.15, -0.1) is 0 Å². The van der Waals surface area contributed by atoms with E-state index >= 15 is 0 Å². The smallest absolute Gasteiger partial charge is 0.343 e. The maximum atomic E-state index is 11.2. The molecule has 0 bridgehead atoms. The third-order valence-electron chi connectivity index (χ3n) is 3.18. The molecule has 0 radical (unpaired) electrons. The van der Waals surface area contributed by atoms with Crippen LogP contribution in [-0.2, 0) is 16.1 Å². The molecule has 0 amide bonds. The number of hydrazine groups is 1. The quantitative estimate of drug-likeness (QED) is 0.544. The van der Waals surface area contributed by atoms with Gasteiger partial charge in [0, 0.05) is 12.2 Å². The molecule has 6 nitrogen and oxygen atoms in total. The van der Waals surface area contributed by atoms with Crippen molar-refractivity contribution in [2.45, 2.75) is 13.5 Å². The zero-order valence-electron chi connectivity index (χ0n) is 13.9. The maximum absolute atomic E-state index is 11.2. The Morgan fingerprint density at radius 3 is 2.54 bits per heavy atom. The standard InChI is InChI=1S/C18H22N2O4/c1-3-23-17-11-14(9-10-16(17)24-13-18(21)22-2)12-19-20-15-7-5-4-6-8-15/h4-11,19-20H,3,12-13H2,1-2H3. The van der Waals surface area contributed by atoms with E-state index in [0.29, 0.717) is 24.7 Å². The molecule has 2 rings (SSSR count). The van der Waals surface area contributed by atoms with Crippen LogP contribution < -0.4 is 20.3 Å². The molecule has 0 fully saturated rings. The van der Waals surface area contributed by atoms with E-state index in [2.05, 4.69) is 15.6 Å². The van der Waals surface area contributed by atoms with E-state index in [-0.39, 0.29) is 6.61 Å². The van der Waals surface area contributed by atoms with Crippen molar-refractivity contribution in [3.63, 3.8) is 0 Å². The van der Waals surface area contributed by atoms with Crippen molar-refractivity contribution in [2.24, 2.45) is 0 Å². The van der Waals surface area contributed by atoms with Gasteiger partial charge in [0.05, 0.1) is 13.7 Å². The first kappa shape index (κ1) is 17.6. The van der Waals surface area contributed by atoms with E-state index in [1.165, 1.54) is 7.11 Å². The molecule has 2 aromatic carbocycles. The first-order chi connectivity index (χ1) is 11.7. The molecule has 0 unspecified atom stereocenters. The van der Waals surface area contributed by atoms with Crippen molar-refractivity contribution >= 4 is 11.7 Å². The van der Waals surface area contributed by atoms with Gasteiger partial charge in [-0.1, -0.05) is 24.3 Å². The number of nitrogens with one attached hydrogen (secondary N) is 2. The van der Waals surface area contributed by atoms with Crippen LogP contribution in [0.3, 0.4) is 0 Å². The molecule has 128 valence electrons. The van der Waals surface area contributed by atoms with Crippen LogP contribution in [0.5, 0.6) is 11.5 Å². The lowest BCUT2D eigenvalue weighted by atomic mass is 10.2. The van der Waals surface area contributed by atoms with Crippen molar-refractivity contribution in [2.75, 3.05) is 25.7 Å². The maximum Gasteiger partial charge on any atom is 0.343 e. The number of ether oxygens (including phenoxy) is 3. The molecule has 0 heterocycles. The molecule has 0 saturated heterocycles. The summed E-state index contributed by atoms with van der Waals surface area (Å²) in [6, 6.07) is 15.4. The van der Waals surface area contributed by atoms with E-state index in [1.54, 1.807) is 6.07 Å². The minimum atomic E-state index is -0.435. The molecule has 2 N–H and O–H groups in total. The van der Waals surface area contributed by atoms with Crippen LogP contribution in [0.2, 0.25) is 0 Å². The Morgan fingerprint density at radius 1 is 1.04 bits per heavy atom. The number of hydrogen-bond acceptors (Lipinski definition) is 6. The monoisotopic (exact) mass is 330 g/mol. The van der Waals surface area contributed by atoms with E-state index in [0.717, 1.165) is 11.3 Å². The van der Waals surface area contributed by atoms with Crippen molar-refractivity contribution in [3.05, 3.63) is 54.1 Å². The third-order valence-corrected chi connectivity index (χ3v) is 3.18. The molecule has 0 aliphatic carbocycles. The Hall–Kier alpha value is -2.73. The fourth-order valence-corrected chi connectivity index (χ4v) is 2.02. The van der Waals surface area contributed by atoms with Crippen LogP contribution in [0.15, 0.2) is 48.5 Å². The Balaban J connectivity index is 1.95. The number of para-hydroxylation sites is 1. The predicted octanol–water partition coefficient (Wildman–Crippen LogP) is 2.75. The highest BCUT2D eigenvalue weighted by atomic mass is 16.6. The van der Waals surface area contributed by atoms with E-state index in [4.69, 9.17) is 9.47 Å². The normalized spacial score (nSPS) is 10.1. The molecule has 24 heavy (non-hydrogen) atoms. The Bertz CT molecular complexity index is 647. The van der Waals surface area contributed by atoms with Gasteiger partial charge in [-0.2, -0.15) is 0 Å². The Morgan fingerprint density at radius 2 is 1.83 bits per heavy atom. The highest BCUT2D eigenvalue weighted by molar-refractivity contribution is 5.71. The minimum Gasteiger partial charge on any atom is -0.490 e. The number of carbonyl (C=O) groups is 1. The molecule has 0 atom stereocenters. The lowest BCUT2D eigenvalue weighted by Crippen LogP contribution is -2.20. The van der Waals surface area contributed by atoms with Gasteiger partial charge >= 0.3 is 5.97 Å². The molecule has 2 aromatic rings. The summed E-state index contributed by atoms with van der Waals surface area (Å²) in [4.78, 5) is 11.2. The molecule has 0 aromatic heterocycles. The second-order valence-corrected chi connectivity index (χ2v) is 4.92. The minimum absolute atomic E-state index is 0.149. The molecular formula is C18H22N2O4. The summed E-state index contributed by atoms with van der Waals surface area (Å²) in [7, 11) is 1.32. The summed E-state index contributed by atoms with van der Waals surface area (Å²) >= 11 is 0. The van der Waals surface area contributed by atoms with Gasteiger partial charge in [0.2, 0.25) is 0 Å². The van der Waals surface area contributed by atoms with Crippen molar-refractivity contribution in [1.82, 2.24) is 5.43 Å². The first-order valence-electron chi connectivity index (χ1n) is 7.72. The Labute approximate surface area is 141 Å². The summed E-state index contributed by atoms with van der Waals surface area (Å²) < 4.78 is 15.6. The lowest BCUT2D eigenvalue weighted by molar-refractivity contribution is -0.142. The number of hydrogen-bond donors (Lipinski definition) is 2. The average molecular weight is 330 g/mol. The van der Waals surface area contributed by atoms with Crippen LogP contribution in [-0.4, -0.2) is 26.3 Å². The van der Waals surface area contributed by atoms with Crippen molar-refractivity contribution < 1.29 is 19.0 Å². The van der Waals surface area contributed by atoms with Crippen molar-refractivity contribution in [1.29, 1.82) is 0 Å². The topological polar surface area (TPSA) is 68.8 Å². The third kappa shape index (κ3) is 5.48. The van der Waals surface area contributed by atoms with Gasteiger partial charge in [-0.25, -0.2) is 10.2 Å². The van der Waals surface area contributed by atoms with Crippen molar-refractivity contribution in [3.8, 4) is 11.5 Å². The zero-order chi connectivity index (χ0) is 17.2. The van der Waals surface area contributed by atoms with Gasteiger partial charge in [0.15, 0.2) is 18.1 Å². The van der Waals surface area contributed by atoms with Gasteiger partial charge < -0.3 is 19.6 Å². The molecule has 0 saturated carbocycles. The predicted molar refractivity (Wildman–Crippen MR) is 92.0 cm³/mol. The molecule has 0 aliphatic heterocycles. The number of rotatable bonds is 9. The summed E-state index contributed by atoms with van der Waals surface area (Å²) in [6.07, 6.45) is 0. The molecule has 0 aliphatic rings. The van der Waals surface area contributed by atoms with Crippen LogP contribution in [0.4, 0.5) is 5.69 Å². The largest absolute Gasteiger partial charge is 0.490 e. The van der Waals surface area contributed by atoms with Crippen LogP contribution >= 0.6 is 0 Å². The number of anilines is 1. The number of carbonyl (C=O) groups excluding carboxylic acids is 1. The second-order valence-electron chi connectivity index (χ2n) is 4.92. The van der Waals surface area contributed by atoms with E-state index < -0.39 is 5.97 Å². The first-order valence-corrected chi connectivity index (χ1v) is 7.72. The fraction of sp³-hybridized carbons (Fsp3) is 0.278. The summed E-state index contributed by atoms with van der Waals surface area (Å²) in [6.45, 7) is 2.86. The number of esters is 1. The molecular weight excluding hydrogens is 308 g/mol. The number of methoxy groups -OCH3 is 1. The highest BCUT2D eigenvalue weighted by Crippen LogP contribution is 2.28. The van der Waals surface area contributed by atoms with Crippen LogP contribution in [0.1, 0.15) is 12.5 Å². The zero-order valence-corrected chi connectivity index (χ0v) is 13.9. The van der Waals surface area contributed by atoms with Gasteiger partial charge in [-0.3, -0.25) is 0 Å². The van der Waals surface area contributed by atoms with E-state index in [1.807, 2.05) is 49.4 Å². The van der Waals surface area contributed by atoms with Crippen LogP contribution in [0, 0.1) is 0 Å². The average Bonchev–Trinajstić information content (AvgIpc) is 2.62. The van der Waals surface area contributed by atoms with Crippen LogP contribution in [0.25, 0.3) is 0 Å². The van der Waals surface area contributed by atoms with Gasteiger partial charge in [0.25, 0.3) is 0 Å². The molecule has 6 heteroatoms. The highest BCUT2D eigenvalue weighted by Gasteiger charge is 2.09.